The Kier molecular flexibility index (Phi) is 3.78. The maximum atomic E-state index is 10.6. The molecule has 0 aliphatic carbocycles. The second kappa shape index (κ2) is 6.24. The Labute approximate surface area is 144 Å². The van der Waals surface area contributed by atoms with Gasteiger partial charge < -0.3 is 9.84 Å². The van der Waals surface area contributed by atoms with Gasteiger partial charge in [-0.05, 0) is 46.7 Å². The van der Waals surface area contributed by atoms with Crippen molar-refractivity contribution < 1.29 is 14.6 Å². The summed E-state index contributed by atoms with van der Waals surface area (Å²) in [5.74, 6) is -0.436. The summed E-state index contributed by atoms with van der Waals surface area (Å²) in [6, 6.07) is 21.9. The predicted octanol–water partition coefficient (Wildman–Crippen LogP) is 4.52. The summed E-state index contributed by atoms with van der Waals surface area (Å²) >= 11 is 0. The largest absolute Gasteiger partial charge is 0.482 e. The van der Waals surface area contributed by atoms with E-state index in [0.717, 1.165) is 32.8 Å². The summed E-state index contributed by atoms with van der Waals surface area (Å²) in [5.41, 5.74) is 3.13. The van der Waals surface area contributed by atoms with Crippen molar-refractivity contribution in [3.05, 3.63) is 72.9 Å². The standard InChI is InChI=1S/C21H15NO3/c23-21(24)13-25-19-8-7-14-9-15(5-6-16(14)11-19)18-10-17-3-1-2-4-20(17)22-12-18/h1-12H,13H2,(H,23,24). The molecule has 0 saturated carbocycles. The van der Waals surface area contributed by atoms with E-state index in [9.17, 15) is 4.79 Å². The lowest BCUT2D eigenvalue weighted by Gasteiger charge is -2.08. The quantitative estimate of drug-likeness (QED) is 0.598. The van der Waals surface area contributed by atoms with Gasteiger partial charge in [0.25, 0.3) is 0 Å². The van der Waals surface area contributed by atoms with Crippen LogP contribution in [-0.4, -0.2) is 22.7 Å². The van der Waals surface area contributed by atoms with E-state index in [1.165, 1.54) is 0 Å². The van der Waals surface area contributed by atoms with Crippen LogP contribution in [0.4, 0.5) is 0 Å². The normalized spacial score (nSPS) is 10.9. The predicted molar refractivity (Wildman–Crippen MR) is 97.8 cm³/mol. The maximum absolute atomic E-state index is 10.6. The minimum atomic E-state index is -0.987. The topological polar surface area (TPSA) is 59.4 Å². The summed E-state index contributed by atoms with van der Waals surface area (Å²) in [7, 11) is 0. The number of nitrogens with zero attached hydrogens (tertiary/aromatic N) is 1. The molecule has 1 heterocycles. The Balaban J connectivity index is 1.70. The summed E-state index contributed by atoms with van der Waals surface area (Å²) < 4.78 is 5.23. The van der Waals surface area contributed by atoms with Gasteiger partial charge in [0.2, 0.25) is 0 Å². The number of benzene rings is 3. The molecule has 0 spiro atoms. The number of aromatic nitrogens is 1. The van der Waals surface area contributed by atoms with Crippen LogP contribution in [0.3, 0.4) is 0 Å². The Morgan fingerprint density at radius 3 is 2.52 bits per heavy atom. The lowest BCUT2D eigenvalue weighted by atomic mass is 10.0. The van der Waals surface area contributed by atoms with Gasteiger partial charge in [-0.2, -0.15) is 0 Å². The monoisotopic (exact) mass is 329 g/mol. The van der Waals surface area contributed by atoms with E-state index >= 15 is 0 Å². The van der Waals surface area contributed by atoms with Crippen LogP contribution in [-0.2, 0) is 4.79 Å². The van der Waals surface area contributed by atoms with Crippen LogP contribution in [0.5, 0.6) is 5.75 Å². The smallest absolute Gasteiger partial charge is 0.341 e. The molecule has 0 aliphatic heterocycles. The van der Waals surface area contributed by atoms with Gasteiger partial charge in [0, 0.05) is 17.1 Å². The first kappa shape index (κ1) is 15.1. The molecule has 4 rings (SSSR count). The second-order valence-corrected chi connectivity index (χ2v) is 5.82. The summed E-state index contributed by atoms with van der Waals surface area (Å²) in [6.45, 7) is -0.341. The van der Waals surface area contributed by atoms with Crippen LogP contribution in [0.1, 0.15) is 0 Å². The van der Waals surface area contributed by atoms with E-state index in [0.29, 0.717) is 5.75 Å². The SMILES string of the molecule is O=C(O)COc1ccc2cc(-c3cnc4ccccc4c3)ccc2c1. The van der Waals surface area contributed by atoms with Gasteiger partial charge in [0.05, 0.1) is 5.52 Å². The third-order valence-electron chi connectivity index (χ3n) is 4.10. The van der Waals surface area contributed by atoms with Crippen molar-refractivity contribution in [3.8, 4) is 16.9 Å². The highest BCUT2D eigenvalue weighted by Crippen LogP contribution is 2.28. The highest BCUT2D eigenvalue weighted by atomic mass is 16.5. The van der Waals surface area contributed by atoms with Crippen molar-refractivity contribution in [2.75, 3.05) is 6.61 Å². The van der Waals surface area contributed by atoms with Crippen LogP contribution < -0.4 is 4.74 Å². The molecule has 122 valence electrons. The molecule has 4 nitrogen and oxygen atoms in total. The van der Waals surface area contributed by atoms with E-state index in [2.05, 4.69) is 23.2 Å². The van der Waals surface area contributed by atoms with Crippen LogP contribution in [0, 0.1) is 0 Å². The fourth-order valence-electron chi connectivity index (χ4n) is 2.87. The zero-order valence-electron chi connectivity index (χ0n) is 13.3. The molecular weight excluding hydrogens is 314 g/mol. The van der Waals surface area contributed by atoms with Crippen molar-refractivity contribution in [1.29, 1.82) is 0 Å². The minimum Gasteiger partial charge on any atom is -0.482 e. The van der Waals surface area contributed by atoms with Gasteiger partial charge in [-0.1, -0.05) is 36.4 Å². The van der Waals surface area contributed by atoms with Gasteiger partial charge in [-0.15, -0.1) is 0 Å². The van der Waals surface area contributed by atoms with E-state index in [1.54, 1.807) is 6.07 Å². The van der Waals surface area contributed by atoms with Crippen LogP contribution in [0.15, 0.2) is 72.9 Å². The van der Waals surface area contributed by atoms with Crippen molar-refractivity contribution in [2.24, 2.45) is 0 Å². The van der Waals surface area contributed by atoms with Crippen LogP contribution >= 0.6 is 0 Å². The second-order valence-electron chi connectivity index (χ2n) is 5.82. The molecule has 1 N–H and O–H groups in total. The molecule has 0 atom stereocenters. The van der Waals surface area contributed by atoms with Gasteiger partial charge in [-0.25, -0.2) is 4.79 Å². The molecule has 25 heavy (non-hydrogen) atoms. The number of carboxylic acids is 1. The van der Waals surface area contributed by atoms with Crippen molar-refractivity contribution in [2.45, 2.75) is 0 Å². The average Bonchev–Trinajstić information content (AvgIpc) is 2.65. The Morgan fingerprint density at radius 1 is 0.880 bits per heavy atom. The highest BCUT2D eigenvalue weighted by Gasteiger charge is 2.05. The van der Waals surface area contributed by atoms with Crippen LogP contribution in [0.2, 0.25) is 0 Å². The number of hydrogen-bond donors (Lipinski definition) is 1. The number of para-hydroxylation sites is 1. The zero-order valence-corrected chi connectivity index (χ0v) is 13.3. The molecule has 1 aromatic heterocycles. The molecule has 4 heteroatoms. The van der Waals surface area contributed by atoms with Gasteiger partial charge in [-0.3, -0.25) is 4.98 Å². The Bertz CT molecular complexity index is 1090. The maximum Gasteiger partial charge on any atom is 0.341 e. The lowest BCUT2D eigenvalue weighted by molar-refractivity contribution is -0.139. The first-order valence-electron chi connectivity index (χ1n) is 7.93. The third kappa shape index (κ3) is 3.15. The number of aliphatic carboxylic acids is 1. The number of hydrogen-bond acceptors (Lipinski definition) is 3. The molecule has 0 aliphatic rings. The number of carboxylic acid groups (broad SMARTS) is 1. The van der Waals surface area contributed by atoms with Crippen molar-refractivity contribution >= 4 is 27.6 Å². The van der Waals surface area contributed by atoms with E-state index in [-0.39, 0.29) is 6.61 Å². The zero-order chi connectivity index (χ0) is 17.2. The van der Waals surface area contributed by atoms with E-state index in [4.69, 9.17) is 9.84 Å². The number of carbonyl (C=O) groups is 1. The fraction of sp³-hybridized carbons (Fsp3) is 0.0476. The number of rotatable bonds is 4. The first-order chi connectivity index (χ1) is 12.2. The Hall–Kier alpha value is -3.40. The number of fused-ring (bicyclic) bond motifs is 2. The van der Waals surface area contributed by atoms with E-state index in [1.807, 2.05) is 48.7 Å². The molecule has 0 amide bonds. The average molecular weight is 329 g/mol. The van der Waals surface area contributed by atoms with Crippen molar-refractivity contribution in [3.63, 3.8) is 0 Å². The third-order valence-corrected chi connectivity index (χ3v) is 4.10. The summed E-state index contributed by atoms with van der Waals surface area (Å²) in [5, 5.41) is 11.9. The molecule has 0 unspecified atom stereocenters. The molecule has 0 radical (unpaired) electrons. The van der Waals surface area contributed by atoms with Gasteiger partial charge in [0.1, 0.15) is 5.75 Å². The summed E-state index contributed by atoms with van der Waals surface area (Å²) in [6.07, 6.45) is 1.88. The first-order valence-corrected chi connectivity index (χ1v) is 7.93. The molecular formula is C21H15NO3. The molecule has 0 fully saturated rings. The molecule has 0 saturated heterocycles. The van der Waals surface area contributed by atoms with Crippen LogP contribution in [0.25, 0.3) is 32.8 Å². The lowest BCUT2D eigenvalue weighted by Crippen LogP contribution is -2.09. The minimum absolute atomic E-state index is 0.341. The van der Waals surface area contributed by atoms with Gasteiger partial charge >= 0.3 is 5.97 Å². The highest BCUT2D eigenvalue weighted by molar-refractivity contribution is 5.90. The molecule has 4 aromatic rings. The Morgan fingerprint density at radius 2 is 1.64 bits per heavy atom. The molecule has 0 bridgehead atoms. The number of pyridine rings is 1. The van der Waals surface area contributed by atoms with Gasteiger partial charge in [0.15, 0.2) is 6.61 Å². The molecule has 3 aromatic carbocycles. The van der Waals surface area contributed by atoms with E-state index < -0.39 is 5.97 Å². The summed E-state index contributed by atoms with van der Waals surface area (Å²) in [4.78, 5) is 15.1. The number of ether oxygens (including phenoxy) is 1. The van der Waals surface area contributed by atoms with Crippen molar-refractivity contribution in [1.82, 2.24) is 4.98 Å². The fourth-order valence-corrected chi connectivity index (χ4v) is 2.87.